The lowest BCUT2D eigenvalue weighted by molar-refractivity contribution is -0.274. The van der Waals surface area contributed by atoms with E-state index in [0.29, 0.717) is 16.0 Å². The van der Waals surface area contributed by atoms with Crippen LogP contribution in [0, 0.1) is 12.3 Å². The van der Waals surface area contributed by atoms with Gasteiger partial charge in [0.15, 0.2) is 4.80 Å². The van der Waals surface area contributed by atoms with Crippen LogP contribution in [0.3, 0.4) is 0 Å². The number of thioether (sulfide) groups is 1. The molecule has 0 spiro atoms. The normalized spacial score (nSPS) is 12.6. The van der Waals surface area contributed by atoms with Gasteiger partial charge in [0.05, 0.1) is 10.2 Å². The van der Waals surface area contributed by atoms with Gasteiger partial charge in [0.25, 0.3) is 0 Å². The first kappa shape index (κ1) is 16.8. The number of ether oxygens (including phenoxy) is 1. The highest BCUT2D eigenvalue weighted by atomic mass is 32.2. The summed E-state index contributed by atoms with van der Waals surface area (Å²) in [6, 6.07) is 4.29. The van der Waals surface area contributed by atoms with Crippen molar-refractivity contribution in [2.45, 2.75) is 12.9 Å². The molecule has 118 valence electrons. The van der Waals surface area contributed by atoms with Crippen LogP contribution in [-0.2, 0) is 6.54 Å². The van der Waals surface area contributed by atoms with Gasteiger partial charge in [-0.1, -0.05) is 17.3 Å². The Morgan fingerprint density at radius 1 is 1.45 bits per heavy atom. The Kier molecular flexibility index (Phi) is 5.42. The molecule has 8 heteroatoms. The zero-order chi connectivity index (χ0) is 16.2. The summed E-state index contributed by atoms with van der Waals surface area (Å²) >= 11 is 2.98. The summed E-state index contributed by atoms with van der Waals surface area (Å²) in [5.74, 6) is 3.07. The number of terminal acetylenes is 1. The van der Waals surface area contributed by atoms with E-state index in [1.54, 1.807) is 17.8 Å². The van der Waals surface area contributed by atoms with Gasteiger partial charge >= 0.3 is 6.36 Å². The number of benzene rings is 1. The molecule has 0 bridgehead atoms. The molecule has 0 radical (unpaired) electrons. The van der Waals surface area contributed by atoms with Crippen LogP contribution in [0.2, 0.25) is 0 Å². The van der Waals surface area contributed by atoms with Gasteiger partial charge in [-0.2, -0.15) is 11.8 Å². The lowest BCUT2D eigenvalue weighted by Gasteiger charge is -2.09. The monoisotopic (exact) mass is 346 g/mol. The van der Waals surface area contributed by atoms with Gasteiger partial charge in [0, 0.05) is 12.3 Å². The van der Waals surface area contributed by atoms with Crippen molar-refractivity contribution in [3.05, 3.63) is 23.0 Å². The van der Waals surface area contributed by atoms with E-state index in [1.165, 1.54) is 23.5 Å². The molecule has 2 rings (SSSR count). The molecule has 0 aliphatic heterocycles. The third-order valence-corrected chi connectivity index (χ3v) is 4.38. The van der Waals surface area contributed by atoms with Crippen molar-refractivity contribution in [2.75, 3.05) is 18.6 Å². The SMILES string of the molecule is C#CCN=c1sc2cc(OC(F)(F)F)ccc2n1CCSC. The predicted molar refractivity (Wildman–Crippen MR) is 84.1 cm³/mol. The number of halogens is 3. The van der Waals surface area contributed by atoms with Crippen molar-refractivity contribution in [3.63, 3.8) is 0 Å². The van der Waals surface area contributed by atoms with Gasteiger partial charge in [-0.15, -0.1) is 19.6 Å². The minimum atomic E-state index is -4.70. The molecule has 3 nitrogen and oxygen atoms in total. The minimum Gasteiger partial charge on any atom is -0.406 e. The lowest BCUT2D eigenvalue weighted by Crippen LogP contribution is -2.17. The highest BCUT2D eigenvalue weighted by Gasteiger charge is 2.31. The molecule has 0 unspecified atom stereocenters. The summed E-state index contributed by atoms with van der Waals surface area (Å²) in [6.45, 7) is 0.946. The van der Waals surface area contributed by atoms with E-state index in [1.807, 2.05) is 10.8 Å². The number of hydrogen-bond acceptors (Lipinski definition) is 4. The van der Waals surface area contributed by atoms with E-state index in [2.05, 4.69) is 15.6 Å². The second kappa shape index (κ2) is 7.11. The Bertz CT molecular complexity index is 756. The highest BCUT2D eigenvalue weighted by Crippen LogP contribution is 2.28. The zero-order valence-electron chi connectivity index (χ0n) is 11.7. The highest BCUT2D eigenvalue weighted by molar-refractivity contribution is 7.98. The fourth-order valence-corrected chi connectivity index (χ4v) is 3.33. The van der Waals surface area contributed by atoms with Crippen LogP contribution in [-0.4, -0.2) is 29.5 Å². The number of aryl methyl sites for hydroxylation is 1. The van der Waals surface area contributed by atoms with Crippen molar-refractivity contribution >= 4 is 33.3 Å². The van der Waals surface area contributed by atoms with Gasteiger partial charge in [0.2, 0.25) is 0 Å². The molecule has 0 saturated carbocycles. The van der Waals surface area contributed by atoms with Gasteiger partial charge < -0.3 is 9.30 Å². The zero-order valence-corrected chi connectivity index (χ0v) is 13.3. The van der Waals surface area contributed by atoms with Crippen LogP contribution < -0.4 is 9.54 Å². The molecular weight excluding hydrogens is 333 g/mol. The summed E-state index contributed by atoms with van der Waals surface area (Å²) in [6.07, 6.45) is 2.51. The largest absolute Gasteiger partial charge is 0.573 e. The maximum atomic E-state index is 12.3. The van der Waals surface area contributed by atoms with Crippen LogP contribution in [0.4, 0.5) is 13.2 Å². The number of rotatable bonds is 5. The summed E-state index contributed by atoms with van der Waals surface area (Å²) in [4.78, 5) is 4.99. The Morgan fingerprint density at radius 2 is 2.23 bits per heavy atom. The molecule has 0 atom stereocenters. The Balaban J connectivity index is 2.48. The van der Waals surface area contributed by atoms with Gasteiger partial charge in [-0.05, 0) is 24.5 Å². The summed E-state index contributed by atoms with van der Waals surface area (Å²) < 4.78 is 43.5. The topological polar surface area (TPSA) is 26.5 Å². The maximum Gasteiger partial charge on any atom is 0.573 e. The summed E-state index contributed by atoms with van der Waals surface area (Å²) in [5, 5.41) is 0. The average Bonchev–Trinajstić information content (AvgIpc) is 2.78. The first-order chi connectivity index (χ1) is 10.4. The summed E-state index contributed by atoms with van der Waals surface area (Å²) in [5.41, 5.74) is 0.823. The molecule has 0 aliphatic rings. The van der Waals surface area contributed by atoms with Crippen LogP contribution in [0.1, 0.15) is 0 Å². The van der Waals surface area contributed by atoms with Crippen molar-refractivity contribution < 1.29 is 17.9 Å². The molecule has 0 fully saturated rings. The Hall–Kier alpha value is -1.59. The van der Waals surface area contributed by atoms with E-state index in [-0.39, 0.29) is 12.3 Å². The number of thiazole rings is 1. The quantitative estimate of drug-likeness (QED) is 0.775. The molecular formula is C14H13F3N2OS2. The van der Waals surface area contributed by atoms with E-state index in [0.717, 1.165) is 11.3 Å². The predicted octanol–water partition coefficient (Wildman–Crippen LogP) is 3.50. The van der Waals surface area contributed by atoms with Crippen LogP contribution >= 0.6 is 23.1 Å². The standard InChI is InChI=1S/C14H13F3N2OS2/c1-3-6-18-13-19(7-8-21-2)11-5-4-10(9-12(11)22-13)20-14(15,16)17/h1,4-5,9H,6-8H2,2H3. The number of nitrogens with zero attached hydrogens (tertiary/aromatic N) is 2. The average molecular weight is 346 g/mol. The van der Waals surface area contributed by atoms with E-state index >= 15 is 0 Å². The van der Waals surface area contributed by atoms with Crippen molar-refractivity contribution in [1.29, 1.82) is 0 Å². The third kappa shape index (κ3) is 4.21. The lowest BCUT2D eigenvalue weighted by atomic mass is 10.3. The fraction of sp³-hybridized carbons (Fsp3) is 0.357. The van der Waals surface area contributed by atoms with Gasteiger partial charge in [0.1, 0.15) is 12.3 Å². The molecule has 22 heavy (non-hydrogen) atoms. The Morgan fingerprint density at radius 3 is 2.86 bits per heavy atom. The molecule has 0 aliphatic carbocycles. The van der Waals surface area contributed by atoms with Crippen LogP contribution in [0.15, 0.2) is 23.2 Å². The second-order valence-electron chi connectivity index (χ2n) is 4.23. The molecule has 1 heterocycles. The van der Waals surface area contributed by atoms with Gasteiger partial charge in [-0.3, -0.25) is 0 Å². The first-order valence-electron chi connectivity index (χ1n) is 6.26. The van der Waals surface area contributed by atoms with Gasteiger partial charge in [-0.25, -0.2) is 4.99 Å². The molecule has 0 saturated heterocycles. The Labute approximate surface area is 133 Å². The maximum absolute atomic E-state index is 12.3. The van der Waals surface area contributed by atoms with Crippen molar-refractivity contribution in [1.82, 2.24) is 4.57 Å². The smallest absolute Gasteiger partial charge is 0.406 e. The first-order valence-corrected chi connectivity index (χ1v) is 8.47. The number of hydrogen-bond donors (Lipinski definition) is 0. The van der Waals surface area contributed by atoms with Crippen molar-refractivity contribution in [2.24, 2.45) is 4.99 Å². The molecule has 2 aromatic rings. The fourth-order valence-electron chi connectivity index (χ4n) is 1.88. The van der Waals surface area contributed by atoms with Crippen LogP contribution in [0.25, 0.3) is 10.2 Å². The molecule has 0 N–H and O–H groups in total. The third-order valence-electron chi connectivity index (χ3n) is 2.71. The van der Waals surface area contributed by atoms with Crippen LogP contribution in [0.5, 0.6) is 5.75 Å². The van der Waals surface area contributed by atoms with E-state index < -0.39 is 6.36 Å². The minimum absolute atomic E-state index is 0.234. The molecule has 0 amide bonds. The van der Waals surface area contributed by atoms with Crippen molar-refractivity contribution in [3.8, 4) is 18.1 Å². The second-order valence-corrected chi connectivity index (χ2v) is 6.22. The van der Waals surface area contributed by atoms with E-state index in [4.69, 9.17) is 6.42 Å². The van der Waals surface area contributed by atoms with E-state index in [9.17, 15) is 13.2 Å². The summed E-state index contributed by atoms with van der Waals surface area (Å²) in [7, 11) is 0. The number of fused-ring (bicyclic) bond motifs is 1. The number of alkyl halides is 3. The molecule has 1 aromatic heterocycles. The number of aromatic nitrogens is 1. The molecule has 1 aromatic carbocycles.